The van der Waals surface area contributed by atoms with Crippen molar-refractivity contribution >= 4 is 39.0 Å². The highest BCUT2D eigenvalue weighted by Crippen LogP contribution is 2.25. The van der Waals surface area contributed by atoms with Crippen LogP contribution >= 0.6 is 23.2 Å². The molecule has 4 nitrogen and oxygen atoms in total. The highest BCUT2D eigenvalue weighted by Gasteiger charge is 2.16. The fourth-order valence-corrected chi connectivity index (χ4v) is 2.96. The number of nitrogens with one attached hydrogen (secondary N) is 1. The Labute approximate surface area is 127 Å². The van der Waals surface area contributed by atoms with Crippen LogP contribution in [0, 0.1) is 0 Å². The zero-order valence-corrected chi connectivity index (χ0v) is 12.9. The zero-order valence-electron chi connectivity index (χ0n) is 10.6. The van der Waals surface area contributed by atoms with Gasteiger partial charge in [-0.3, -0.25) is 4.72 Å². The molecule has 0 aliphatic rings. The van der Waals surface area contributed by atoms with Crippen LogP contribution in [0.15, 0.2) is 41.3 Å². The van der Waals surface area contributed by atoms with Crippen LogP contribution in [0.1, 0.15) is 12.6 Å². The summed E-state index contributed by atoms with van der Waals surface area (Å²) >= 11 is 11.6. The first kappa shape index (κ1) is 15.1. The van der Waals surface area contributed by atoms with Gasteiger partial charge in [-0.2, -0.15) is 0 Å². The smallest absolute Gasteiger partial charge is 0.263 e. The average molecular weight is 331 g/mol. The molecular weight excluding hydrogens is 319 g/mol. The molecule has 2 rings (SSSR count). The lowest BCUT2D eigenvalue weighted by Gasteiger charge is -2.09. The fraction of sp³-hybridized carbons (Fsp3) is 0.154. The minimum atomic E-state index is -3.73. The molecule has 0 saturated carbocycles. The highest BCUT2D eigenvalue weighted by molar-refractivity contribution is 7.92. The Hall–Kier alpha value is -1.30. The summed E-state index contributed by atoms with van der Waals surface area (Å²) in [5.41, 5.74) is 0.805. The molecule has 1 aromatic heterocycles. The van der Waals surface area contributed by atoms with Gasteiger partial charge in [-0.15, -0.1) is 0 Å². The lowest BCUT2D eigenvalue weighted by molar-refractivity contribution is 0.601. The van der Waals surface area contributed by atoms with Crippen LogP contribution in [-0.4, -0.2) is 13.4 Å². The van der Waals surface area contributed by atoms with E-state index in [0.717, 1.165) is 12.1 Å². The zero-order chi connectivity index (χ0) is 14.8. The summed E-state index contributed by atoms with van der Waals surface area (Å²) < 4.78 is 26.8. The molecule has 0 radical (unpaired) electrons. The topological polar surface area (TPSA) is 59.1 Å². The van der Waals surface area contributed by atoms with E-state index in [1.54, 1.807) is 12.1 Å². The minimum absolute atomic E-state index is 0.0376. The van der Waals surface area contributed by atoms with E-state index >= 15 is 0 Å². The van der Waals surface area contributed by atoms with Crippen molar-refractivity contribution in [3.63, 3.8) is 0 Å². The second-order valence-electron chi connectivity index (χ2n) is 4.05. The number of nitrogens with zero attached hydrogens (tertiary/aromatic N) is 1. The molecule has 0 saturated heterocycles. The number of rotatable bonds is 4. The van der Waals surface area contributed by atoms with Crippen LogP contribution < -0.4 is 4.72 Å². The number of anilines is 1. The second kappa shape index (κ2) is 5.99. The molecule has 0 fully saturated rings. The standard InChI is InChI=1S/C13H12Cl2N2O2S/c1-2-9-4-3-5-13(16-9)17-20(18,19)10-6-7-11(14)12(15)8-10/h3-8H,2H2,1H3,(H,16,17). The third-order valence-corrected chi connectivity index (χ3v) is 4.70. The average Bonchev–Trinajstić information content (AvgIpc) is 2.41. The molecule has 1 heterocycles. The first-order valence-corrected chi connectivity index (χ1v) is 8.10. The van der Waals surface area contributed by atoms with Gasteiger partial charge in [0.05, 0.1) is 14.9 Å². The number of sulfonamides is 1. The number of halogens is 2. The van der Waals surface area contributed by atoms with E-state index in [9.17, 15) is 8.42 Å². The minimum Gasteiger partial charge on any atom is -0.263 e. The number of pyridine rings is 1. The van der Waals surface area contributed by atoms with Gasteiger partial charge in [-0.1, -0.05) is 36.2 Å². The maximum atomic E-state index is 12.2. The molecule has 7 heteroatoms. The van der Waals surface area contributed by atoms with Gasteiger partial charge in [-0.25, -0.2) is 13.4 Å². The number of benzene rings is 1. The van der Waals surface area contributed by atoms with Crippen LogP contribution in [0.4, 0.5) is 5.82 Å². The third kappa shape index (κ3) is 3.42. The molecule has 0 unspecified atom stereocenters. The van der Waals surface area contributed by atoms with E-state index in [4.69, 9.17) is 23.2 Å². The Morgan fingerprint density at radius 2 is 1.90 bits per heavy atom. The van der Waals surface area contributed by atoms with Gasteiger partial charge in [0.1, 0.15) is 5.82 Å². The molecule has 2 aromatic rings. The largest absolute Gasteiger partial charge is 0.263 e. The van der Waals surface area contributed by atoms with Gasteiger partial charge in [0.25, 0.3) is 10.0 Å². The van der Waals surface area contributed by atoms with Crippen molar-refractivity contribution in [2.24, 2.45) is 0 Å². The normalized spacial score (nSPS) is 11.3. The number of hydrogen-bond donors (Lipinski definition) is 1. The molecule has 0 aliphatic heterocycles. The van der Waals surface area contributed by atoms with Crippen LogP contribution in [-0.2, 0) is 16.4 Å². The van der Waals surface area contributed by atoms with Crippen LogP contribution in [0.3, 0.4) is 0 Å². The van der Waals surface area contributed by atoms with Gasteiger partial charge in [-0.05, 0) is 36.8 Å². The lowest BCUT2D eigenvalue weighted by atomic mass is 10.3. The van der Waals surface area contributed by atoms with Gasteiger partial charge in [0.15, 0.2) is 0 Å². The molecule has 0 bridgehead atoms. The summed E-state index contributed by atoms with van der Waals surface area (Å²) in [6, 6.07) is 9.30. The fourth-order valence-electron chi connectivity index (χ4n) is 1.57. The summed E-state index contributed by atoms with van der Waals surface area (Å²) in [6.07, 6.45) is 0.725. The maximum absolute atomic E-state index is 12.2. The predicted octanol–water partition coefficient (Wildman–Crippen LogP) is 3.75. The molecule has 1 N–H and O–H groups in total. The molecule has 106 valence electrons. The van der Waals surface area contributed by atoms with Gasteiger partial charge >= 0.3 is 0 Å². The van der Waals surface area contributed by atoms with E-state index < -0.39 is 10.0 Å². The molecule has 0 aliphatic carbocycles. The SMILES string of the molecule is CCc1cccc(NS(=O)(=O)c2ccc(Cl)c(Cl)c2)n1. The Bertz CT molecular complexity index is 733. The first-order valence-electron chi connectivity index (χ1n) is 5.86. The Balaban J connectivity index is 2.32. The Morgan fingerprint density at radius 1 is 1.15 bits per heavy atom. The number of aromatic nitrogens is 1. The summed E-state index contributed by atoms with van der Waals surface area (Å²) in [6.45, 7) is 1.94. The first-order chi connectivity index (χ1) is 9.42. The summed E-state index contributed by atoms with van der Waals surface area (Å²) in [4.78, 5) is 4.23. The Kier molecular flexibility index (Phi) is 4.52. The maximum Gasteiger partial charge on any atom is 0.263 e. The van der Waals surface area contributed by atoms with E-state index in [-0.39, 0.29) is 15.7 Å². The molecule has 20 heavy (non-hydrogen) atoms. The van der Waals surface area contributed by atoms with Crippen LogP contribution in [0.25, 0.3) is 0 Å². The van der Waals surface area contributed by atoms with Crippen molar-refractivity contribution in [2.75, 3.05) is 4.72 Å². The quantitative estimate of drug-likeness (QED) is 0.928. The van der Waals surface area contributed by atoms with Crippen molar-refractivity contribution in [3.05, 3.63) is 52.1 Å². The molecule has 0 spiro atoms. The van der Waals surface area contributed by atoms with E-state index in [1.165, 1.54) is 18.2 Å². The number of aryl methyl sites for hydroxylation is 1. The summed E-state index contributed by atoms with van der Waals surface area (Å²) in [5.74, 6) is 0.274. The van der Waals surface area contributed by atoms with Gasteiger partial charge < -0.3 is 0 Å². The predicted molar refractivity (Wildman–Crippen MR) is 80.9 cm³/mol. The highest BCUT2D eigenvalue weighted by atomic mass is 35.5. The molecular formula is C13H12Cl2N2O2S. The molecule has 0 amide bonds. The summed E-state index contributed by atoms with van der Waals surface area (Å²) in [7, 11) is -3.73. The monoisotopic (exact) mass is 330 g/mol. The van der Waals surface area contributed by atoms with Crippen molar-refractivity contribution in [2.45, 2.75) is 18.2 Å². The summed E-state index contributed by atoms with van der Waals surface area (Å²) in [5, 5.41) is 0.488. The second-order valence-corrected chi connectivity index (χ2v) is 6.55. The van der Waals surface area contributed by atoms with Gasteiger partial charge in [0, 0.05) is 5.69 Å². The molecule has 1 aromatic carbocycles. The van der Waals surface area contributed by atoms with Crippen molar-refractivity contribution in [1.29, 1.82) is 0 Å². The van der Waals surface area contributed by atoms with Crippen LogP contribution in [0.2, 0.25) is 10.0 Å². The Morgan fingerprint density at radius 3 is 2.55 bits per heavy atom. The van der Waals surface area contributed by atoms with E-state index in [1.807, 2.05) is 13.0 Å². The van der Waals surface area contributed by atoms with Crippen molar-refractivity contribution in [1.82, 2.24) is 4.98 Å². The third-order valence-electron chi connectivity index (χ3n) is 2.61. The lowest BCUT2D eigenvalue weighted by Crippen LogP contribution is -2.14. The van der Waals surface area contributed by atoms with Crippen molar-refractivity contribution in [3.8, 4) is 0 Å². The van der Waals surface area contributed by atoms with Crippen molar-refractivity contribution < 1.29 is 8.42 Å². The number of hydrogen-bond acceptors (Lipinski definition) is 3. The van der Waals surface area contributed by atoms with E-state index in [0.29, 0.717) is 5.02 Å². The van der Waals surface area contributed by atoms with E-state index in [2.05, 4.69) is 9.71 Å². The molecule has 0 atom stereocenters. The van der Waals surface area contributed by atoms with Gasteiger partial charge in [0.2, 0.25) is 0 Å². The van der Waals surface area contributed by atoms with Crippen LogP contribution in [0.5, 0.6) is 0 Å².